The van der Waals surface area contributed by atoms with Crippen molar-refractivity contribution in [2.45, 2.75) is 0 Å². The Balaban J connectivity index is 0.000000120. The van der Waals surface area contributed by atoms with E-state index in [2.05, 4.69) is 6.07 Å². The molecule has 0 aliphatic carbocycles. The van der Waals surface area contributed by atoms with Crippen LogP contribution in [0, 0.1) is 6.07 Å². The molecule has 0 saturated heterocycles. The van der Waals surface area contributed by atoms with Gasteiger partial charge in [-0.25, -0.2) is 0 Å². The third-order valence-corrected chi connectivity index (χ3v) is 1.27. The van der Waals surface area contributed by atoms with Crippen LogP contribution in [0.3, 0.4) is 0 Å². The molecule has 0 fully saturated rings. The van der Waals surface area contributed by atoms with Crippen molar-refractivity contribution in [1.29, 1.82) is 0 Å². The molecule has 0 unspecified atom stereocenters. The van der Waals surface area contributed by atoms with Crippen LogP contribution < -0.4 is 0 Å². The van der Waals surface area contributed by atoms with Gasteiger partial charge in [0.05, 0.1) is 0 Å². The predicted octanol–water partition coefficient (Wildman–Crippen LogP) is 3.17. The van der Waals surface area contributed by atoms with Crippen molar-refractivity contribution in [3.63, 3.8) is 0 Å². The van der Waals surface area contributed by atoms with Gasteiger partial charge in [0.2, 0.25) is 0 Å². The summed E-state index contributed by atoms with van der Waals surface area (Å²) in [7, 11) is 0. The van der Waals surface area contributed by atoms with Crippen LogP contribution in [0.2, 0.25) is 0 Å². The largest absolute Gasteiger partial charge is 0.0623 e. The second kappa shape index (κ2) is 6.17. The summed E-state index contributed by atoms with van der Waals surface area (Å²) in [5.41, 5.74) is 0. The van der Waals surface area contributed by atoms with Crippen LogP contribution in [0.5, 0.6) is 0 Å². The molecule has 0 spiro atoms. The molecule has 0 atom stereocenters. The SMILES string of the molecule is [c]1ccccc1.c1ccccc1. The van der Waals surface area contributed by atoms with E-state index in [0.29, 0.717) is 0 Å². The van der Waals surface area contributed by atoms with E-state index in [1.54, 1.807) is 0 Å². The maximum absolute atomic E-state index is 2.89. The van der Waals surface area contributed by atoms with E-state index in [9.17, 15) is 0 Å². The first kappa shape index (κ1) is 8.54. The number of hydrogen-bond acceptors (Lipinski definition) is 0. The van der Waals surface area contributed by atoms with Gasteiger partial charge in [0.15, 0.2) is 0 Å². The predicted molar refractivity (Wildman–Crippen MR) is 51.7 cm³/mol. The van der Waals surface area contributed by atoms with Crippen molar-refractivity contribution in [1.82, 2.24) is 0 Å². The first-order valence-corrected chi connectivity index (χ1v) is 3.91. The number of benzene rings is 2. The summed E-state index contributed by atoms with van der Waals surface area (Å²) >= 11 is 0. The van der Waals surface area contributed by atoms with Gasteiger partial charge in [0.1, 0.15) is 0 Å². The van der Waals surface area contributed by atoms with Crippen LogP contribution in [0.15, 0.2) is 66.7 Å². The Labute approximate surface area is 73.5 Å². The van der Waals surface area contributed by atoms with Gasteiger partial charge in [-0.05, 0) is 6.07 Å². The maximum Gasteiger partial charge on any atom is -0.0184 e. The van der Waals surface area contributed by atoms with Crippen LogP contribution in [0.1, 0.15) is 0 Å². The monoisotopic (exact) mass is 155 g/mol. The molecule has 0 amide bonds. The molecule has 2 aromatic rings. The van der Waals surface area contributed by atoms with Crippen molar-refractivity contribution < 1.29 is 0 Å². The quantitative estimate of drug-likeness (QED) is 0.548. The lowest BCUT2D eigenvalue weighted by Crippen LogP contribution is -1.49. The van der Waals surface area contributed by atoms with Gasteiger partial charge in [-0.15, -0.1) is 0 Å². The zero-order valence-electron chi connectivity index (χ0n) is 6.85. The van der Waals surface area contributed by atoms with Crippen molar-refractivity contribution in [3.8, 4) is 0 Å². The second-order valence-electron chi connectivity index (χ2n) is 2.23. The first-order chi connectivity index (χ1) is 6.00. The Morgan fingerprint density at radius 3 is 0.917 bits per heavy atom. The van der Waals surface area contributed by atoms with E-state index in [-0.39, 0.29) is 0 Å². The summed E-state index contributed by atoms with van der Waals surface area (Å²) in [5, 5.41) is 0. The topological polar surface area (TPSA) is 0 Å². The number of hydrogen-bond donors (Lipinski definition) is 0. The van der Waals surface area contributed by atoms with Gasteiger partial charge in [-0.3, -0.25) is 0 Å². The van der Waals surface area contributed by atoms with Gasteiger partial charge in [0.25, 0.3) is 0 Å². The van der Waals surface area contributed by atoms with E-state index in [0.717, 1.165) is 0 Å². The van der Waals surface area contributed by atoms with Crippen LogP contribution >= 0.6 is 0 Å². The highest BCUT2D eigenvalue weighted by atomic mass is 13.7. The molecule has 0 nitrogen and oxygen atoms in total. The van der Waals surface area contributed by atoms with Gasteiger partial charge in [-0.1, -0.05) is 66.7 Å². The third kappa shape index (κ3) is 4.29. The van der Waals surface area contributed by atoms with Crippen LogP contribution in [-0.4, -0.2) is 0 Å². The first-order valence-electron chi connectivity index (χ1n) is 3.91. The molecular formula is C12H11. The smallest absolute Gasteiger partial charge is 0.0184 e. The summed E-state index contributed by atoms with van der Waals surface area (Å²) in [6.45, 7) is 0. The lowest BCUT2D eigenvalue weighted by atomic mass is 10.4. The lowest BCUT2D eigenvalue weighted by Gasteiger charge is -1.69. The summed E-state index contributed by atoms with van der Waals surface area (Å²) in [5.74, 6) is 0. The Morgan fingerprint density at radius 1 is 0.417 bits per heavy atom. The number of rotatable bonds is 0. The molecule has 0 aromatic heterocycles. The standard InChI is InChI=1S/C6H6.C6H5/c2*1-2-4-6-5-3-1/h1-6H;1-5H. The minimum Gasteiger partial charge on any atom is -0.0623 e. The highest BCUT2D eigenvalue weighted by Gasteiger charge is 1.59. The molecule has 0 heterocycles. The fraction of sp³-hybridized carbons (Fsp3) is 0. The van der Waals surface area contributed by atoms with Crippen molar-refractivity contribution in [2.24, 2.45) is 0 Å². The molecule has 0 aliphatic heterocycles. The van der Waals surface area contributed by atoms with Crippen molar-refractivity contribution >= 4 is 0 Å². The van der Waals surface area contributed by atoms with Gasteiger partial charge in [0, 0.05) is 0 Å². The molecule has 0 bridgehead atoms. The zero-order valence-corrected chi connectivity index (χ0v) is 6.85. The van der Waals surface area contributed by atoms with Gasteiger partial charge < -0.3 is 0 Å². The fourth-order valence-corrected chi connectivity index (χ4v) is 0.727. The minimum atomic E-state index is 1.88. The minimum absolute atomic E-state index is 1.88. The van der Waals surface area contributed by atoms with E-state index < -0.39 is 0 Å². The fourth-order valence-electron chi connectivity index (χ4n) is 0.727. The van der Waals surface area contributed by atoms with Crippen molar-refractivity contribution in [2.75, 3.05) is 0 Å². The molecular weight excluding hydrogens is 144 g/mol. The normalized spacial score (nSPS) is 8.00. The molecule has 0 heteroatoms. The van der Waals surface area contributed by atoms with Crippen LogP contribution in [0.25, 0.3) is 0 Å². The van der Waals surface area contributed by atoms with E-state index in [4.69, 9.17) is 0 Å². The Bertz CT molecular complexity index is 175. The molecule has 0 N–H and O–H groups in total. The highest BCUT2D eigenvalue weighted by Crippen LogP contribution is 1.80. The van der Waals surface area contributed by atoms with Crippen molar-refractivity contribution in [3.05, 3.63) is 72.8 Å². The summed E-state index contributed by atoms with van der Waals surface area (Å²) in [4.78, 5) is 0. The zero-order chi connectivity index (χ0) is 8.49. The molecule has 2 aromatic carbocycles. The maximum atomic E-state index is 2.89. The van der Waals surface area contributed by atoms with Gasteiger partial charge >= 0.3 is 0 Å². The summed E-state index contributed by atoms with van der Waals surface area (Å²) in [6.07, 6.45) is 0. The Kier molecular flexibility index (Phi) is 4.39. The molecule has 1 radical (unpaired) electrons. The van der Waals surface area contributed by atoms with E-state index in [1.165, 1.54) is 0 Å². The highest BCUT2D eigenvalue weighted by molar-refractivity contribution is 4.99. The van der Waals surface area contributed by atoms with Crippen LogP contribution in [0.4, 0.5) is 0 Å². The molecule has 0 aliphatic rings. The second-order valence-corrected chi connectivity index (χ2v) is 2.23. The molecule has 12 heavy (non-hydrogen) atoms. The third-order valence-electron chi connectivity index (χ3n) is 1.27. The summed E-state index contributed by atoms with van der Waals surface area (Å²) in [6, 6.07) is 24.5. The van der Waals surface area contributed by atoms with Gasteiger partial charge in [-0.2, -0.15) is 0 Å². The average molecular weight is 155 g/mol. The Hall–Kier alpha value is -1.56. The average Bonchev–Trinajstić information content (AvgIpc) is 2.24. The van der Waals surface area contributed by atoms with Crippen LogP contribution in [-0.2, 0) is 0 Å². The lowest BCUT2D eigenvalue weighted by molar-refractivity contribution is 1.70. The van der Waals surface area contributed by atoms with E-state index >= 15 is 0 Å². The Morgan fingerprint density at radius 2 is 0.750 bits per heavy atom. The van der Waals surface area contributed by atoms with E-state index in [1.807, 2.05) is 66.7 Å². The molecule has 59 valence electrons. The summed E-state index contributed by atoms with van der Waals surface area (Å²) < 4.78 is 0. The molecule has 2 rings (SSSR count). The molecule has 0 saturated carbocycles.